The van der Waals surface area contributed by atoms with Gasteiger partial charge in [0.2, 0.25) is 0 Å². The Kier molecular flexibility index (Phi) is 4.89. The Morgan fingerprint density at radius 3 is 2.62 bits per heavy atom. The Morgan fingerprint density at radius 2 is 2.00 bits per heavy atom. The number of aliphatic hydroxyl groups excluding tert-OH is 1. The number of carbonyl (C=O) groups excluding carboxylic acids is 1. The smallest absolute Gasteiger partial charge is 0.251 e. The Balaban J connectivity index is 2.17. The maximum atomic E-state index is 12.4. The highest BCUT2D eigenvalue weighted by Crippen LogP contribution is 2.24. The van der Waals surface area contributed by atoms with E-state index in [9.17, 15) is 9.90 Å². The second kappa shape index (κ2) is 6.32. The van der Waals surface area contributed by atoms with Gasteiger partial charge >= 0.3 is 0 Å². The second-order valence-electron chi connectivity index (χ2n) is 6.75. The van der Waals surface area contributed by atoms with Gasteiger partial charge in [-0.05, 0) is 25.0 Å². The van der Waals surface area contributed by atoms with Crippen molar-refractivity contribution in [2.45, 2.75) is 64.0 Å². The highest BCUT2D eigenvalue weighted by molar-refractivity contribution is 6.29. The maximum Gasteiger partial charge on any atom is 0.251 e. The summed E-state index contributed by atoms with van der Waals surface area (Å²) in [5, 5.41) is 13.2. The van der Waals surface area contributed by atoms with Crippen LogP contribution in [0.1, 0.15) is 62.5 Å². The number of hydrogen-bond donors (Lipinski definition) is 2. The fraction of sp³-hybridized carbons (Fsp3) is 0.625. The van der Waals surface area contributed by atoms with Gasteiger partial charge in [0.05, 0.1) is 12.1 Å². The van der Waals surface area contributed by atoms with E-state index in [1.807, 2.05) is 20.8 Å². The third-order valence-corrected chi connectivity index (χ3v) is 4.06. The van der Waals surface area contributed by atoms with Gasteiger partial charge in [-0.1, -0.05) is 45.2 Å². The summed E-state index contributed by atoms with van der Waals surface area (Å²) in [6.07, 6.45) is 3.16. The predicted octanol–water partition coefficient (Wildman–Crippen LogP) is 3.07. The van der Waals surface area contributed by atoms with Crippen LogP contribution in [-0.2, 0) is 5.41 Å². The summed E-state index contributed by atoms with van der Waals surface area (Å²) in [6, 6.07) is 3.17. The van der Waals surface area contributed by atoms with Crippen LogP contribution in [0.2, 0.25) is 5.15 Å². The first-order chi connectivity index (χ1) is 9.77. The number of hydrogen-bond acceptors (Lipinski definition) is 3. The first-order valence-electron chi connectivity index (χ1n) is 7.44. The molecule has 0 aromatic carbocycles. The molecular weight excluding hydrogens is 288 g/mol. The molecule has 1 heterocycles. The van der Waals surface area contributed by atoms with Gasteiger partial charge in [-0.15, -0.1) is 0 Å². The average Bonchev–Trinajstić information content (AvgIpc) is 2.39. The molecule has 1 aromatic rings. The molecule has 2 atom stereocenters. The molecule has 0 bridgehead atoms. The molecule has 0 spiro atoms. The third kappa shape index (κ3) is 4.17. The minimum Gasteiger partial charge on any atom is -0.391 e. The SMILES string of the molecule is CC(C)(C)c1cc(C(=O)N[C@@H]2CCCC[C@H]2O)cc(Cl)n1. The number of halogens is 1. The molecule has 1 saturated carbocycles. The second-order valence-corrected chi connectivity index (χ2v) is 7.13. The summed E-state index contributed by atoms with van der Waals surface area (Å²) in [5.41, 5.74) is 1.10. The number of nitrogens with zero attached hydrogens (tertiary/aromatic N) is 1. The van der Waals surface area contributed by atoms with Crippen LogP contribution in [0, 0.1) is 0 Å². The Hall–Kier alpha value is -1.13. The minimum atomic E-state index is -0.456. The van der Waals surface area contributed by atoms with E-state index in [0.29, 0.717) is 10.7 Å². The molecular formula is C16H23ClN2O2. The van der Waals surface area contributed by atoms with Gasteiger partial charge < -0.3 is 10.4 Å². The molecule has 2 rings (SSSR count). The minimum absolute atomic E-state index is 0.170. The van der Waals surface area contributed by atoms with E-state index in [1.165, 1.54) is 0 Å². The van der Waals surface area contributed by atoms with Crippen LogP contribution in [0.15, 0.2) is 12.1 Å². The Labute approximate surface area is 130 Å². The first kappa shape index (κ1) is 16.2. The van der Waals surface area contributed by atoms with Crippen LogP contribution in [0.5, 0.6) is 0 Å². The molecule has 1 amide bonds. The molecule has 1 aromatic heterocycles. The van der Waals surface area contributed by atoms with Crippen molar-refractivity contribution >= 4 is 17.5 Å². The highest BCUT2D eigenvalue weighted by Gasteiger charge is 2.26. The van der Waals surface area contributed by atoms with Gasteiger partial charge in [0, 0.05) is 16.7 Å². The molecule has 4 nitrogen and oxygen atoms in total. The van der Waals surface area contributed by atoms with Gasteiger partial charge in [-0.2, -0.15) is 0 Å². The lowest BCUT2D eigenvalue weighted by Gasteiger charge is -2.28. The van der Waals surface area contributed by atoms with Crippen molar-refractivity contribution in [3.63, 3.8) is 0 Å². The number of aliphatic hydroxyl groups is 1. The zero-order chi connectivity index (χ0) is 15.6. The van der Waals surface area contributed by atoms with E-state index in [4.69, 9.17) is 11.6 Å². The van der Waals surface area contributed by atoms with E-state index in [-0.39, 0.29) is 17.4 Å². The molecule has 5 heteroatoms. The summed E-state index contributed by atoms with van der Waals surface area (Å²) in [5.74, 6) is -0.198. The zero-order valence-electron chi connectivity index (χ0n) is 12.8. The zero-order valence-corrected chi connectivity index (χ0v) is 13.6. The fourth-order valence-corrected chi connectivity index (χ4v) is 2.75. The predicted molar refractivity (Wildman–Crippen MR) is 83.7 cm³/mol. The van der Waals surface area contributed by atoms with Crippen molar-refractivity contribution in [3.8, 4) is 0 Å². The number of amides is 1. The van der Waals surface area contributed by atoms with Crippen LogP contribution >= 0.6 is 11.6 Å². The molecule has 2 N–H and O–H groups in total. The standard InChI is InChI=1S/C16H23ClN2O2/c1-16(2,3)13-8-10(9-14(17)19-13)15(21)18-11-6-4-5-7-12(11)20/h8-9,11-12,20H,4-7H2,1-3H3,(H,18,21)/t11-,12-/m1/s1. The molecule has 1 fully saturated rings. The number of nitrogens with one attached hydrogen (secondary N) is 1. The van der Waals surface area contributed by atoms with E-state index in [0.717, 1.165) is 31.4 Å². The van der Waals surface area contributed by atoms with E-state index in [2.05, 4.69) is 10.3 Å². The van der Waals surface area contributed by atoms with Crippen molar-refractivity contribution in [2.75, 3.05) is 0 Å². The van der Waals surface area contributed by atoms with Gasteiger partial charge in [0.25, 0.3) is 5.91 Å². The molecule has 1 aliphatic rings. The van der Waals surface area contributed by atoms with Crippen LogP contribution in [0.3, 0.4) is 0 Å². The number of aromatic nitrogens is 1. The van der Waals surface area contributed by atoms with Gasteiger partial charge in [0.15, 0.2) is 0 Å². The molecule has 0 unspecified atom stereocenters. The van der Waals surface area contributed by atoms with Gasteiger partial charge in [0.1, 0.15) is 5.15 Å². The van der Waals surface area contributed by atoms with Crippen molar-refractivity contribution in [2.24, 2.45) is 0 Å². The first-order valence-corrected chi connectivity index (χ1v) is 7.82. The van der Waals surface area contributed by atoms with Crippen molar-refractivity contribution in [1.82, 2.24) is 10.3 Å². The lowest BCUT2D eigenvalue weighted by Crippen LogP contribution is -2.45. The maximum absolute atomic E-state index is 12.4. The van der Waals surface area contributed by atoms with Crippen molar-refractivity contribution in [3.05, 3.63) is 28.5 Å². The van der Waals surface area contributed by atoms with Crippen LogP contribution in [-0.4, -0.2) is 28.1 Å². The number of carbonyl (C=O) groups is 1. The largest absolute Gasteiger partial charge is 0.391 e. The van der Waals surface area contributed by atoms with Crippen LogP contribution in [0.4, 0.5) is 0 Å². The van der Waals surface area contributed by atoms with E-state index < -0.39 is 6.10 Å². The van der Waals surface area contributed by atoms with E-state index in [1.54, 1.807) is 12.1 Å². The summed E-state index contributed by atoms with van der Waals surface area (Å²) >= 11 is 6.03. The number of pyridine rings is 1. The highest BCUT2D eigenvalue weighted by atomic mass is 35.5. The van der Waals surface area contributed by atoms with Crippen molar-refractivity contribution in [1.29, 1.82) is 0 Å². The fourth-order valence-electron chi connectivity index (χ4n) is 2.54. The Morgan fingerprint density at radius 1 is 1.33 bits per heavy atom. The summed E-state index contributed by atoms with van der Waals surface area (Å²) in [6.45, 7) is 6.08. The average molecular weight is 311 g/mol. The Bertz CT molecular complexity index is 525. The van der Waals surface area contributed by atoms with Gasteiger partial charge in [-0.25, -0.2) is 4.98 Å². The van der Waals surface area contributed by atoms with Crippen molar-refractivity contribution < 1.29 is 9.90 Å². The van der Waals surface area contributed by atoms with Gasteiger partial charge in [-0.3, -0.25) is 4.79 Å². The molecule has 1 aliphatic carbocycles. The molecule has 0 aliphatic heterocycles. The molecule has 116 valence electrons. The molecule has 0 saturated heterocycles. The lowest BCUT2D eigenvalue weighted by atomic mass is 9.90. The molecule has 0 radical (unpaired) electrons. The summed E-state index contributed by atoms with van der Waals surface area (Å²) in [4.78, 5) is 16.7. The third-order valence-electron chi connectivity index (χ3n) is 3.87. The monoisotopic (exact) mass is 310 g/mol. The normalized spacial score (nSPS) is 22.9. The molecule has 21 heavy (non-hydrogen) atoms. The summed E-state index contributed by atoms with van der Waals surface area (Å²) < 4.78 is 0. The topological polar surface area (TPSA) is 62.2 Å². The lowest BCUT2D eigenvalue weighted by molar-refractivity contribution is 0.0717. The summed E-state index contributed by atoms with van der Waals surface area (Å²) in [7, 11) is 0. The van der Waals surface area contributed by atoms with Crippen LogP contribution < -0.4 is 5.32 Å². The van der Waals surface area contributed by atoms with E-state index >= 15 is 0 Å². The van der Waals surface area contributed by atoms with Crippen LogP contribution in [0.25, 0.3) is 0 Å². The quantitative estimate of drug-likeness (QED) is 0.825. The number of rotatable bonds is 2.